The zero-order valence-electron chi connectivity index (χ0n) is 20.6. The predicted molar refractivity (Wildman–Crippen MR) is 138 cm³/mol. The molecule has 1 amide bonds. The molecule has 0 aliphatic rings. The number of carbonyl (C=O) groups is 1. The fourth-order valence-corrected chi connectivity index (χ4v) is 2.80. The van der Waals surface area contributed by atoms with Gasteiger partial charge in [0.2, 0.25) is 0 Å². The number of ether oxygens (including phenoxy) is 1. The first-order valence-corrected chi connectivity index (χ1v) is 10.6. The average molecular weight is 447 g/mol. The number of rotatable bonds is 8. The highest BCUT2D eigenvalue weighted by molar-refractivity contribution is 5.94. The second-order valence-electron chi connectivity index (χ2n) is 7.32. The minimum absolute atomic E-state index is 0.0131. The number of carbonyl (C=O) groups excluding carboxylic acids is 1. The molecule has 6 nitrogen and oxygen atoms in total. The molecule has 0 saturated carbocycles. The van der Waals surface area contributed by atoms with Gasteiger partial charge in [0, 0.05) is 37.8 Å². The number of aromatic nitrogens is 1. The van der Waals surface area contributed by atoms with Gasteiger partial charge in [-0.3, -0.25) is 10.2 Å². The standard InChI is InChI=1S/C24H30N4O2.C3H4/c1-7-18(14-22(8-2)30-6)15-26-27-23-17(3)13-21(16-25-23)19-9-11-20(12-10-19)24(29)28(4)5;1-3-2/h7-13,15-16H,14H2,1-6H3,(H,25,27);1H,2H3/b18-7+,22-8+,26-15+;. The lowest BCUT2D eigenvalue weighted by Crippen LogP contribution is -2.21. The number of hydrogen-bond acceptors (Lipinski definition) is 5. The van der Waals surface area contributed by atoms with Crippen molar-refractivity contribution in [1.82, 2.24) is 9.88 Å². The fourth-order valence-electron chi connectivity index (χ4n) is 2.80. The summed E-state index contributed by atoms with van der Waals surface area (Å²) in [7, 11) is 5.16. The van der Waals surface area contributed by atoms with Crippen LogP contribution in [0.1, 0.15) is 43.1 Å². The minimum Gasteiger partial charge on any atom is -0.501 e. The van der Waals surface area contributed by atoms with Crippen LogP contribution in [0.4, 0.5) is 5.82 Å². The van der Waals surface area contributed by atoms with Gasteiger partial charge >= 0.3 is 0 Å². The number of pyridine rings is 1. The molecular weight excluding hydrogens is 412 g/mol. The van der Waals surface area contributed by atoms with E-state index in [2.05, 4.69) is 27.9 Å². The highest BCUT2D eigenvalue weighted by Crippen LogP contribution is 2.23. The molecule has 0 radical (unpaired) electrons. The Labute approximate surface area is 198 Å². The number of hydrazone groups is 1. The van der Waals surface area contributed by atoms with Crippen LogP contribution in [0.15, 0.2) is 65.1 Å². The van der Waals surface area contributed by atoms with Crippen LogP contribution in [-0.2, 0) is 4.74 Å². The van der Waals surface area contributed by atoms with Crippen molar-refractivity contribution in [2.75, 3.05) is 26.6 Å². The molecule has 1 heterocycles. The molecule has 0 fully saturated rings. The average Bonchev–Trinajstić information content (AvgIpc) is 2.82. The van der Waals surface area contributed by atoms with Gasteiger partial charge in [-0.15, -0.1) is 12.3 Å². The number of methoxy groups -OCH3 is 1. The van der Waals surface area contributed by atoms with Crippen molar-refractivity contribution in [3.05, 3.63) is 71.1 Å². The van der Waals surface area contributed by atoms with E-state index in [1.54, 1.807) is 45.4 Å². The van der Waals surface area contributed by atoms with Gasteiger partial charge in [-0.25, -0.2) is 4.98 Å². The van der Waals surface area contributed by atoms with Crippen LogP contribution in [-0.4, -0.2) is 43.2 Å². The molecule has 1 aromatic carbocycles. The Morgan fingerprint density at radius 3 is 2.33 bits per heavy atom. The van der Waals surface area contributed by atoms with Gasteiger partial charge in [-0.2, -0.15) is 5.10 Å². The molecule has 1 aromatic heterocycles. The van der Waals surface area contributed by atoms with Crippen molar-refractivity contribution in [2.45, 2.75) is 34.1 Å². The molecule has 0 unspecified atom stereocenters. The van der Waals surface area contributed by atoms with E-state index in [4.69, 9.17) is 4.74 Å². The van der Waals surface area contributed by atoms with Crippen LogP contribution in [0.2, 0.25) is 0 Å². The molecule has 0 aliphatic carbocycles. The van der Waals surface area contributed by atoms with Crippen LogP contribution in [0.25, 0.3) is 11.1 Å². The van der Waals surface area contributed by atoms with E-state index in [1.165, 1.54) is 0 Å². The summed E-state index contributed by atoms with van der Waals surface area (Å²) >= 11 is 0. The lowest BCUT2D eigenvalue weighted by molar-refractivity contribution is 0.0827. The minimum atomic E-state index is -0.0131. The predicted octanol–water partition coefficient (Wildman–Crippen LogP) is 5.68. The van der Waals surface area contributed by atoms with Gasteiger partial charge in [-0.05, 0) is 68.7 Å². The van der Waals surface area contributed by atoms with Gasteiger partial charge in [-0.1, -0.05) is 18.2 Å². The second-order valence-corrected chi connectivity index (χ2v) is 7.32. The summed E-state index contributed by atoms with van der Waals surface area (Å²) in [5.74, 6) is 3.83. The van der Waals surface area contributed by atoms with Gasteiger partial charge in [0.15, 0.2) is 0 Å². The Kier molecular flexibility index (Phi) is 11.7. The van der Waals surface area contributed by atoms with Crippen molar-refractivity contribution in [1.29, 1.82) is 0 Å². The maximum absolute atomic E-state index is 12.0. The molecule has 33 heavy (non-hydrogen) atoms. The number of allylic oxidation sites excluding steroid dienone is 3. The Balaban J connectivity index is 0.00000172. The van der Waals surface area contributed by atoms with E-state index in [9.17, 15) is 4.79 Å². The lowest BCUT2D eigenvalue weighted by Gasteiger charge is -2.11. The van der Waals surface area contributed by atoms with Gasteiger partial charge in [0.1, 0.15) is 5.82 Å². The number of amides is 1. The third-order valence-corrected chi connectivity index (χ3v) is 4.68. The second kappa shape index (κ2) is 14.3. The lowest BCUT2D eigenvalue weighted by atomic mass is 10.0. The van der Waals surface area contributed by atoms with E-state index in [0.717, 1.165) is 28.0 Å². The maximum atomic E-state index is 12.0. The number of nitrogens with one attached hydrogen (secondary N) is 1. The van der Waals surface area contributed by atoms with Crippen molar-refractivity contribution >= 4 is 17.9 Å². The Morgan fingerprint density at radius 1 is 1.21 bits per heavy atom. The van der Waals surface area contributed by atoms with E-state index < -0.39 is 0 Å². The SMILES string of the molecule is C#CC.C/C=C(/C=N/Nc1ncc(-c2ccc(C(=O)N(C)C)cc2)cc1C)C/C(=C\C)OC. The van der Waals surface area contributed by atoms with Gasteiger partial charge in [0.05, 0.1) is 19.1 Å². The number of anilines is 1. The molecule has 0 saturated heterocycles. The number of nitrogens with zero attached hydrogens (tertiary/aromatic N) is 3. The molecule has 0 spiro atoms. The Bertz CT molecular complexity index is 1040. The van der Waals surface area contributed by atoms with E-state index in [1.807, 2.05) is 63.3 Å². The maximum Gasteiger partial charge on any atom is 0.253 e. The van der Waals surface area contributed by atoms with Crippen LogP contribution in [0.3, 0.4) is 0 Å². The third kappa shape index (κ3) is 8.66. The van der Waals surface area contributed by atoms with E-state index in [-0.39, 0.29) is 5.91 Å². The smallest absolute Gasteiger partial charge is 0.253 e. The summed E-state index contributed by atoms with van der Waals surface area (Å²) in [5.41, 5.74) is 7.68. The van der Waals surface area contributed by atoms with Crippen LogP contribution >= 0.6 is 0 Å². The molecule has 0 atom stereocenters. The first-order valence-electron chi connectivity index (χ1n) is 10.6. The zero-order valence-corrected chi connectivity index (χ0v) is 20.6. The number of aryl methyl sites for hydroxylation is 1. The quantitative estimate of drug-likeness (QED) is 0.245. The summed E-state index contributed by atoms with van der Waals surface area (Å²) in [6.45, 7) is 7.56. The summed E-state index contributed by atoms with van der Waals surface area (Å²) in [4.78, 5) is 18.1. The number of hydrogen-bond donors (Lipinski definition) is 1. The summed E-state index contributed by atoms with van der Waals surface area (Å²) in [6, 6.07) is 9.59. The van der Waals surface area contributed by atoms with Gasteiger partial charge in [0.25, 0.3) is 5.91 Å². The van der Waals surface area contributed by atoms with E-state index in [0.29, 0.717) is 17.8 Å². The summed E-state index contributed by atoms with van der Waals surface area (Å²) < 4.78 is 5.31. The largest absolute Gasteiger partial charge is 0.501 e. The monoisotopic (exact) mass is 446 g/mol. The molecule has 2 rings (SSSR count). The van der Waals surface area contributed by atoms with Crippen molar-refractivity contribution in [2.24, 2.45) is 5.10 Å². The van der Waals surface area contributed by atoms with Crippen LogP contribution < -0.4 is 5.43 Å². The molecule has 2 aromatic rings. The van der Waals surface area contributed by atoms with Crippen molar-refractivity contribution in [3.63, 3.8) is 0 Å². The van der Waals surface area contributed by atoms with Crippen molar-refractivity contribution < 1.29 is 9.53 Å². The van der Waals surface area contributed by atoms with E-state index >= 15 is 0 Å². The topological polar surface area (TPSA) is 66.8 Å². The Hall–Kier alpha value is -3.85. The normalized spacial score (nSPS) is 11.3. The summed E-state index contributed by atoms with van der Waals surface area (Å²) in [5, 5.41) is 4.31. The number of terminal acetylenes is 1. The summed E-state index contributed by atoms with van der Waals surface area (Å²) in [6.07, 6.45) is 12.8. The van der Waals surface area contributed by atoms with Crippen molar-refractivity contribution in [3.8, 4) is 23.5 Å². The zero-order chi connectivity index (χ0) is 24.8. The first kappa shape index (κ1) is 27.2. The number of benzene rings is 1. The molecule has 6 heteroatoms. The molecule has 1 N–H and O–H groups in total. The third-order valence-electron chi connectivity index (χ3n) is 4.68. The molecule has 0 bridgehead atoms. The Morgan fingerprint density at radius 2 is 1.85 bits per heavy atom. The van der Waals surface area contributed by atoms with Crippen LogP contribution in [0, 0.1) is 19.3 Å². The molecule has 0 aliphatic heterocycles. The van der Waals surface area contributed by atoms with Gasteiger partial charge < -0.3 is 9.64 Å². The van der Waals surface area contributed by atoms with Crippen LogP contribution in [0.5, 0.6) is 0 Å². The molecular formula is C27H34N4O2. The molecule has 174 valence electrons. The first-order chi connectivity index (χ1) is 15.8. The highest BCUT2D eigenvalue weighted by Gasteiger charge is 2.09. The fraction of sp³-hybridized carbons (Fsp3) is 0.296. The highest BCUT2D eigenvalue weighted by atomic mass is 16.5.